The SMILES string of the molecule is N#Cc1cc(N2CCCC2)nc(-c2cc(Br)cs2)n1. The highest BCUT2D eigenvalue weighted by molar-refractivity contribution is 9.10. The molecule has 0 amide bonds. The smallest absolute Gasteiger partial charge is 0.172 e. The molecule has 6 heteroatoms. The summed E-state index contributed by atoms with van der Waals surface area (Å²) in [5.41, 5.74) is 0.427. The van der Waals surface area contributed by atoms with Gasteiger partial charge in [0, 0.05) is 29.0 Å². The first-order valence-electron chi connectivity index (χ1n) is 6.05. The van der Waals surface area contributed by atoms with Gasteiger partial charge in [-0.3, -0.25) is 0 Å². The van der Waals surface area contributed by atoms with Gasteiger partial charge in [0.2, 0.25) is 0 Å². The molecule has 2 aromatic rings. The lowest BCUT2D eigenvalue weighted by Gasteiger charge is -2.16. The standard InChI is InChI=1S/C13H11BrN4S/c14-9-5-11(19-8-9)13-16-10(7-15)6-12(17-13)18-3-1-2-4-18/h5-6,8H,1-4H2. The zero-order chi connectivity index (χ0) is 13.2. The van der Waals surface area contributed by atoms with E-state index < -0.39 is 0 Å². The van der Waals surface area contributed by atoms with Crippen LogP contribution in [-0.2, 0) is 0 Å². The van der Waals surface area contributed by atoms with Crippen LogP contribution in [0.2, 0.25) is 0 Å². The van der Waals surface area contributed by atoms with E-state index in [2.05, 4.69) is 36.9 Å². The average molecular weight is 335 g/mol. The Balaban J connectivity index is 2.04. The Labute approximate surface area is 123 Å². The molecule has 1 saturated heterocycles. The minimum atomic E-state index is 0.427. The summed E-state index contributed by atoms with van der Waals surface area (Å²) in [6, 6.07) is 5.88. The molecule has 96 valence electrons. The van der Waals surface area contributed by atoms with Gasteiger partial charge in [-0.1, -0.05) is 0 Å². The summed E-state index contributed by atoms with van der Waals surface area (Å²) in [7, 11) is 0. The molecule has 0 aromatic carbocycles. The Hall–Kier alpha value is -1.45. The highest BCUT2D eigenvalue weighted by atomic mass is 79.9. The van der Waals surface area contributed by atoms with Crippen molar-refractivity contribution >= 4 is 33.1 Å². The Morgan fingerprint density at radius 1 is 1.26 bits per heavy atom. The molecule has 3 rings (SSSR count). The van der Waals surface area contributed by atoms with Gasteiger partial charge in [-0.05, 0) is 34.8 Å². The molecule has 2 aromatic heterocycles. The lowest BCUT2D eigenvalue weighted by molar-refractivity contribution is 0.928. The maximum absolute atomic E-state index is 9.12. The van der Waals surface area contributed by atoms with E-state index in [0.717, 1.165) is 28.3 Å². The molecule has 0 spiro atoms. The number of hydrogen-bond acceptors (Lipinski definition) is 5. The van der Waals surface area contributed by atoms with Crippen molar-refractivity contribution in [1.82, 2.24) is 9.97 Å². The van der Waals surface area contributed by atoms with E-state index in [-0.39, 0.29) is 0 Å². The zero-order valence-corrected chi connectivity index (χ0v) is 12.5. The van der Waals surface area contributed by atoms with Crippen molar-refractivity contribution in [2.75, 3.05) is 18.0 Å². The maximum Gasteiger partial charge on any atom is 0.172 e. The minimum Gasteiger partial charge on any atom is -0.356 e. The van der Waals surface area contributed by atoms with E-state index in [1.54, 1.807) is 17.4 Å². The summed E-state index contributed by atoms with van der Waals surface area (Å²) >= 11 is 5.00. The molecule has 0 saturated carbocycles. The third-order valence-corrected chi connectivity index (χ3v) is 4.73. The first-order valence-corrected chi connectivity index (χ1v) is 7.72. The molecule has 0 unspecified atom stereocenters. The van der Waals surface area contributed by atoms with Gasteiger partial charge in [-0.25, -0.2) is 9.97 Å². The van der Waals surface area contributed by atoms with Crippen molar-refractivity contribution in [2.24, 2.45) is 0 Å². The van der Waals surface area contributed by atoms with Crippen LogP contribution < -0.4 is 4.90 Å². The third kappa shape index (κ3) is 2.62. The molecule has 19 heavy (non-hydrogen) atoms. The summed E-state index contributed by atoms with van der Waals surface area (Å²) in [4.78, 5) is 12.1. The monoisotopic (exact) mass is 334 g/mol. The quantitative estimate of drug-likeness (QED) is 0.844. The molecule has 0 radical (unpaired) electrons. The largest absolute Gasteiger partial charge is 0.356 e. The zero-order valence-electron chi connectivity index (χ0n) is 10.1. The second-order valence-electron chi connectivity index (χ2n) is 4.37. The molecule has 4 nitrogen and oxygen atoms in total. The number of nitriles is 1. The van der Waals surface area contributed by atoms with Crippen molar-refractivity contribution in [3.8, 4) is 16.8 Å². The predicted octanol–water partition coefficient (Wildman–Crippen LogP) is 3.44. The molecule has 1 fully saturated rings. The minimum absolute atomic E-state index is 0.427. The van der Waals surface area contributed by atoms with Crippen LogP contribution in [0.25, 0.3) is 10.7 Å². The highest BCUT2D eigenvalue weighted by Gasteiger charge is 2.16. The summed E-state index contributed by atoms with van der Waals surface area (Å²) in [5.74, 6) is 1.50. The number of anilines is 1. The van der Waals surface area contributed by atoms with Gasteiger partial charge in [0.15, 0.2) is 5.82 Å². The fourth-order valence-corrected chi connectivity index (χ4v) is 3.50. The molecular weight excluding hydrogens is 324 g/mol. The number of nitrogens with zero attached hydrogens (tertiary/aromatic N) is 4. The molecule has 1 aliphatic heterocycles. The highest BCUT2D eigenvalue weighted by Crippen LogP contribution is 2.29. The summed E-state index contributed by atoms with van der Waals surface area (Å²) < 4.78 is 1.01. The van der Waals surface area contributed by atoms with E-state index in [1.807, 2.05) is 11.4 Å². The number of thiophene rings is 1. The summed E-state index contributed by atoms with van der Waals surface area (Å²) in [6.07, 6.45) is 2.37. The first-order chi connectivity index (χ1) is 9.26. The Morgan fingerprint density at radius 3 is 2.68 bits per heavy atom. The molecular formula is C13H11BrN4S. The first kappa shape index (κ1) is 12.6. The molecule has 0 atom stereocenters. The van der Waals surface area contributed by atoms with E-state index in [0.29, 0.717) is 11.5 Å². The van der Waals surface area contributed by atoms with E-state index in [4.69, 9.17) is 5.26 Å². The maximum atomic E-state index is 9.12. The lowest BCUT2D eigenvalue weighted by Crippen LogP contribution is -2.19. The Bertz CT molecular complexity index is 640. The number of hydrogen-bond donors (Lipinski definition) is 0. The van der Waals surface area contributed by atoms with Crippen molar-refractivity contribution in [3.05, 3.63) is 27.7 Å². The van der Waals surface area contributed by atoms with Crippen LogP contribution in [0.1, 0.15) is 18.5 Å². The average Bonchev–Trinajstić information content (AvgIpc) is 3.09. The van der Waals surface area contributed by atoms with E-state index in [9.17, 15) is 0 Å². The van der Waals surface area contributed by atoms with Crippen LogP contribution in [0.3, 0.4) is 0 Å². The molecule has 3 heterocycles. The van der Waals surface area contributed by atoms with Gasteiger partial charge >= 0.3 is 0 Å². The number of halogens is 1. The number of aromatic nitrogens is 2. The van der Waals surface area contributed by atoms with Gasteiger partial charge in [0.1, 0.15) is 17.6 Å². The van der Waals surface area contributed by atoms with Crippen LogP contribution in [0.5, 0.6) is 0 Å². The van der Waals surface area contributed by atoms with Gasteiger partial charge in [-0.15, -0.1) is 11.3 Å². The fraction of sp³-hybridized carbons (Fsp3) is 0.308. The van der Waals surface area contributed by atoms with E-state index in [1.165, 1.54) is 12.8 Å². The fourth-order valence-electron chi connectivity index (χ4n) is 2.14. The van der Waals surface area contributed by atoms with Gasteiger partial charge in [0.25, 0.3) is 0 Å². The molecule has 0 aliphatic carbocycles. The van der Waals surface area contributed by atoms with Gasteiger partial charge in [-0.2, -0.15) is 5.26 Å². The second-order valence-corrected chi connectivity index (χ2v) is 6.20. The van der Waals surface area contributed by atoms with Gasteiger partial charge in [0.05, 0.1) is 4.88 Å². The third-order valence-electron chi connectivity index (χ3n) is 3.05. The summed E-state index contributed by atoms with van der Waals surface area (Å²) in [5, 5.41) is 11.1. The van der Waals surface area contributed by atoms with Crippen molar-refractivity contribution in [1.29, 1.82) is 5.26 Å². The second kappa shape index (κ2) is 5.27. The van der Waals surface area contributed by atoms with Crippen LogP contribution in [-0.4, -0.2) is 23.1 Å². The molecule has 1 aliphatic rings. The van der Waals surface area contributed by atoms with E-state index >= 15 is 0 Å². The molecule has 0 N–H and O–H groups in total. The van der Waals surface area contributed by atoms with Crippen LogP contribution in [0.15, 0.2) is 22.0 Å². The summed E-state index contributed by atoms with van der Waals surface area (Å²) in [6.45, 7) is 2.02. The Kier molecular flexibility index (Phi) is 3.49. The Morgan fingerprint density at radius 2 is 2.05 bits per heavy atom. The number of rotatable bonds is 2. The van der Waals surface area contributed by atoms with Gasteiger partial charge < -0.3 is 4.90 Å². The lowest BCUT2D eigenvalue weighted by atomic mass is 10.3. The normalized spacial score (nSPS) is 14.6. The van der Waals surface area contributed by atoms with Crippen LogP contribution >= 0.6 is 27.3 Å². The topological polar surface area (TPSA) is 52.8 Å². The van der Waals surface area contributed by atoms with Crippen molar-refractivity contribution in [3.63, 3.8) is 0 Å². The van der Waals surface area contributed by atoms with Crippen LogP contribution in [0, 0.1) is 11.3 Å². The van der Waals surface area contributed by atoms with Crippen molar-refractivity contribution < 1.29 is 0 Å². The van der Waals surface area contributed by atoms with Crippen molar-refractivity contribution in [2.45, 2.75) is 12.8 Å². The molecule has 0 bridgehead atoms. The predicted molar refractivity (Wildman–Crippen MR) is 79.2 cm³/mol. The van der Waals surface area contributed by atoms with Crippen LogP contribution in [0.4, 0.5) is 5.82 Å².